The maximum Gasteiger partial charge on any atom is 0.259 e. The fourth-order valence-electron chi connectivity index (χ4n) is 3.65. The van der Waals surface area contributed by atoms with E-state index in [1.165, 1.54) is 11.5 Å². The summed E-state index contributed by atoms with van der Waals surface area (Å²) in [6.07, 6.45) is 1.65. The zero-order valence-electron chi connectivity index (χ0n) is 16.9. The molecule has 1 fully saturated rings. The van der Waals surface area contributed by atoms with E-state index in [4.69, 9.17) is 0 Å². The van der Waals surface area contributed by atoms with E-state index < -0.39 is 0 Å². The molecule has 0 atom stereocenters. The van der Waals surface area contributed by atoms with Gasteiger partial charge in [-0.1, -0.05) is 36.4 Å². The van der Waals surface area contributed by atoms with Crippen LogP contribution in [-0.2, 0) is 6.54 Å². The molecule has 2 aromatic carbocycles. The van der Waals surface area contributed by atoms with E-state index in [1.807, 2.05) is 72.8 Å². The summed E-state index contributed by atoms with van der Waals surface area (Å²) in [5, 5.41) is 7.58. The van der Waals surface area contributed by atoms with Gasteiger partial charge in [0.15, 0.2) is 0 Å². The van der Waals surface area contributed by atoms with Crippen molar-refractivity contribution in [1.82, 2.24) is 14.7 Å². The lowest BCUT2D eigenvalue weighted by molar-refractivity contribution is 0.102. The number of carbonyl (C=O) groups is 1. The van der Waals surface area contributed by atoms with Crippen LogP contribution in [0.15, 0.2) is 54.7 Å². The molecule has 1 aromatic heterocycles. The Morgan fingerprint density at radius 3 is 2.59 bits per heavy atom. The number of anilines is 1. The van der Waals surface area contributed by atoms with E-state index in [2.05, 4.69) is 21.4 Å². The van der Waals surface area contributed by atoms with Crippen molar-refractivity contribution in [2.75, 3.05) is 29.9 Å². The highest BCUT2D eigenvalue weighted by Gasteiger charge is 2.18. The fourth-order valence-corrected chi connectivity index (χ4v) is 4.63. The van der Waals surface area contributed by atoms with E-state index in [1.54, 1.807) is 6.20 Å². The molecule has 0 radical (unpaired) electrons. The van der Waals surface area contributed by atoms with Crippen LogP contribution >= 0.6 is 11.8 Å². The van der Waals surface area contributed by atoms with Crippen LogP contribution in [0, 0.1) is 13.8 Å². The number of aryl methyl sites for hydroxylation is 1. The minimum Gasteiger partial charge on any atom is -0.322 e. The first-order chi connectivity index (χ1) is 14.1. The third-order valence-corrected chi connectivity index (χ3v) is 6.30. The van der Waals surface area contributed by atoms with Crippen molar-refractivity contribution in [2.45, 2.75) is 20.4 Å². The van der Waals surface area contributed by atoms with Crippen LogP contribution in [0.5, 0.6) is 0 Å². The van der Waals surface area contributed by atoms with Crippen LogP contribution in [0.25, 0.3) is 5.69 Å². The van der Waals surface area contributed by atoms with E-state index >= 15 is 0 Å². The van der Waals surface area contributed by atoms with Crippen LogP contribution in [-0.4, -0.2) is 45.2 Å². The second-order valence-electron chi connectivity index (χ2n) is 7.34. The van der Waals surface area contributed by atoms with Gasteiger partial charge >= 0.3 is 0 Å². The van der Waals surface area contributed by atoms with Gasteiger partial charge in [-0.05, 0) is 37.1 Å². The molecule has 6 heteroatoms. The minimum absolute atomic E-state index is 0.121. The summed E-state index contributed by atoms with van der Waals surface area (Å²) in [4.78, 5) is 15.5. The Morgan fingerprint density at radius 1 is 1.07 bits per heavy atom. The van der Waals surface area contributed by atoms with Crippen molar-refractivity contribution >= 4 is 23.4 Å². The van der Waals surface area contributed by atoms with Crippen LogP contribution in [0.4, 0.5) is 5.69 Å². The first-order valence-corrected chi connectivity index (χ1v) is 11.1. The molecule has 0 unspecified atom stereocenters. The first kappa shape index (κ1) is 19.7. The van der Waals surface area contributed by atoms with Gasteiger partial charge in [0.2, 0.25) is 0 Å². The predicted octanol–water partition coefficient (Wildman–Crippen LogP) is 4.29. The van der Waals surface area contributed by atoms with Gasteiger partial charge in [-0.3, -0.25) is 9.69 Å². The second kappa shape index (κ2) is 8.84. The predicted molar refractivity (Wildman–Crippen MR) is 120 cm³/mol. The number of nitrogens with one attached hydrogen (secondary N) is 1. The van der Waals surface area contributed by atoms with Gasteiger partial charge in [-0.2, -0.15) is 16.9 Å². The molecule has 150 valence electrons. The lowest BCUT2D eigenvalue weighted by atomic mass is 10.1. The molecule has 5 nitrogen and oxygen atoms in total. The third-order valence-electron chi connectivity index (χ3n) is 5.36. The van der Waals surface area contributed by atoms with E-state index in [0.717, 1.165) is 47.8 Å². The van der Waals surface area contributed by atoms with Crippen molar-refractivity contribution in [2.24, 2.45) is 0 Å². The molecule has 1 aliphatic heterocycles. The summed E-state index contributed by atoms with van der Waals surface area (Å²) in [5.74, 6) is 2.22. The maximum atomic E-state index is 13.0. The summed E-state index contributed by atoms with van der Waals surface area (Å²) in [7, 11) is 0. The smallest absolute Gasteiger partial charge is 0.259 e. The van der Waals surface area contributed by atoms with Gasteiger partial charge in [0.1, 0.15) is 0 Å². The van der Waals surface area contributed by atoms with Gasteiger partial charge in [0.25, 0.3) is 5.91 Å². The van der Waals surface area contributed by atoms with Gasteiger partial charge in [-0.25, -0.2) is 4.68 Å². The van der Waals surface area contributed by atoms with Crippen molar-refractivity contribution in [1.29, 1.82) is 0 Å². The minimum atomic E-state index is -0.121. The number of nitrogens with zero attached hydrogens (tertiary/aromatic N) is 3. The molecule has 1 saturated heterocycles. The molecule has 1 amide bonds. The average Bonchev–Trinajstić information content (AvgIpc) is 3.12. The van der Waals surface area contributed by atoms with Crippen molar-refractivity contribution < 1.29 is 4.79 Å². The Balaban J connectivity index is 1.54. The van der Waals surface area contributed by atoms with Gasteiger partial charge in [0, 0.05) is 36.8 Å². The van der Waals surface area contributed by atoms with E-state index in [9.17, 15) is 4.79 Å². The SMILES string of the molecule is Cc1ccccc1-n1ncc(C(=O)Nc2ccccc2CN2CCSCC2)c1C. The van der Waals surface area contributed by atoms with Crippen molar-refractivity contribution in [3.63, 3.8) is 0 Å². The highest BCUT2D eigenvalue weighted by atomic mass is 32.2. The molecule has 4 rings (SSSR count). The number of thioether (sulfide) groups is 1. The summed E-state index contributed by atoms with van der Waals surface area (Å²) in [5.41, 5.74) is 5.57. The van der Waals surface area contributed by atoms with Gasteiger partial charge in [0.05, 0.1) is 23.1 Å². The molecule has 3 aromatic rings. The lowest BCUT2D eigenvalue weighted by Gasteiger charge is -2.27. The molecule has 0 saturated carbocycles. The van der Waals surface area contributed by atoms with Crippen molar-refractivity contribution in [3.05, 3.63) is 77.1 Å². The van der Waals surface area contributed by atoms with Gasteiger partial charge in [-0.15, -0.1) is 0 Å². The number of benzene rings is 2. The number of aromatic nitrogens is 2. The maximum absolute atomic E-state index is 13.0. The Morgan fingerprint density at radius 2 is 1.79 bits per heavy atom. The van der Waals surface area contributed by atoms with E-state index in [0.29, 0.717) is 5.56 Å². The fraction of sp³-hybridized carbons (Fsp3) is 0.304. The first-order valence-electron chi connectivity index (χ1n) is 9.93. The summed E-state index contributed by atoms with van der Waals surface area (Å²) in [6.45, 7) is 7.03. The molecule has 2 heterocycles. The quantitative estimate of drug-likeness (QED) is 0.687. The number of carbonyl (C=O) groups excluding carboxylic acids is 1. The molecule has 1 aliphatic rings. The monoisotopic (exact) mass is 406 g/mol. The summed E-state index contributed by atoms with van der Waals surface area (Å²) >= 11 is 2.00. The molecular weight excluding hydrogens is 380 g/mol. The topological polar surface area (TPSA) is 50.2 Å². The Labute approximate surface area is 176 Å². The van der Waals surface area contributed by atoms with Crippen LogP contribution in [0.3, 0.4) is 0 Å². The number of hydrogen-bond donors (Lipinski definition) is 1. The molecular formula is C23H26N4OS. The average molecular weight is 407 g/mol. The molecule has 0 bridgehead atoms. The van der Waals surface area contributed by atoms with Crippen LogP contribution < -0.4 is 5.32 Å². The highest BCUT2D eigenvalue weighted by Crippen LogP contribution is 2.22. The molecule has 29 heavy (non-hydrogen) atoms. The number of hydrogen-bond acceptors (Lipinski definition) is 4. The summed E-state index contributed by atoms with van der Waals surface area (Å²) < 4.78 is 1.83. The largest absolute Gasteiger partial charge is 0.322 e. The molecule has 1 N–H and O–H groups in total. The Hall–Kier alpha value is -2.57. The zero-order chi connectivity index (χ0) is 20.2. The third kappa shape index (κ3) is 4.38. The highest BCUT2D eigenvalue weighted by molar-refractivity contribution is 7.99. The zero-order valence-corrected chi connectivity index (χ0v) is 17.7. The lowest BCUT2D eigenvalue weighted by Crippen LogP contribution is -2.32. The van der Waals surface area contributed by atoms with Crippen LogP contribution in [0.1, 0.15) is 27.2 Å². The van der Waals surface area contributed by atoms with Gasteiger partial charge < -0.3 is 5.32 Å². The van der Waals surface area contributed by atoms with Crippen LogP contribution in [0.2, 0.25) is 0 Å². The normalized spacial score (nSPS) is 14.7. The second-order valence-corrected chi connectivity index (χ2v) is 8.57. The van der Waals surface area contributed by atoms with Crippen molar-refractivity contribution in [3.8, 4) is 5.69 Å². The van der Waals surface area contributed by atoms with E-state index in [-0.39, 0.29) is 5.91 Å². The Bertz CT molecular complexity index is 1010. The molecule has 0 aliphatic carbocycles. The summed E-state index contributed by atoms with van der Waals surface area (Å²) in [6, 6.07) is 16.1. The molecule has 0 spiro atoms. The number of rotatable bonds is 5. The Kier molecular flexibility index (Phi) is 6.02. The number of amides is 1. The number of para-hydroxylation sites is 2. The standard InChI is InChI=1S/C23H26N4OS/c1-17-7-3-6-10-22(17)27-18(2)20(15-24-27)23(28)25-21-9-5-4-8-19(21)16-26-11-13-29-14-12-26/h3-10,15H,11-14,16H2,1-2H3,(H,25,28).